The van der Waals surface area contributed by atoms with Crippen molar-refractivity contribution < 1.29 is 0 Å². The van der Waals surface area contributed by atoms with Crippen LogP contribution in [0.1, 0.15) is 31.2 Å². The highest BCUT2D eigenvalue weighted by Gasteiger charge is 2.35. The quantitative estimate of drug-likeness (QED) is 0.854. The van der Waals surface area contributed by atoms with E-state index in [0.717, 1.165) is 6.54 Å². The van der Waals surface area contributed by atoms with Gasteiger partial charge in [0.15, 0.2) is 0 Å². The van der Waals surface area contributed by atoms with Gasteiger partial charge in [0.05, 0.1) is 0 Å². The molecule has 1 fully saturated rings. The van der Waals surface area contributed by atoms with E-state index >= 15 is 0 Å². The Kier molecular flexibility index (Phi) is 3.44. The molecule has 0 bridgehead atoms. The van der Waals surface area contributed by atoms with Gasteiger partial charge in [0, 0.05) is 17.0 Å². The molecule has 1 aliphatic heterocycles. The third kappa shape index (κ3) is 2.10. The molecule has 0 radical (unpaired) electrons. The molecule has 15 heavy (non-hydrogen) atoms. The van der Waals surface area contributed by atoms with E-state index in [9.17, 15) is 0 Å². The standard InChI is InChI=1S/C12H20N2S/c1-9(2)14-6-5-10(8-13)12(14)11-4-3-7-15-11/h3-4,7,9-10,12H,5-6,8,13H2,1-2H3. The summed E-state index contributed by atoms with van der Waals surface area (Å²) in [6.45, 7) is 6.56. The summed E-state index contributed by atoms with van der Waals surface area (Å²) in [4.78, 5) is 4.07. The average Bonchev–Trinajstić information content (AvgIpc) is 2.85. The minimum Gasteiger partial charge on any atom is -0.330 e. The molecule has 0 spiro atoms. The van der Waals surface area contributed by atoms with E-state index in [1.165, 1.54) is 17.8 Å². The fourth-order valence-corrected chi connectivity index (χ4v) is 3.50. The summed E-state index contributed by atoms with van der Waals surface area (Å²) < 4.78 is 0. The van der Waals surface area contributed by atoms with Crippen LogP contribution in [0.3, 0.4) is 0 Å². The van der Waals surface area contributed by atoms with Crippen molar-refractivity contribution in [2.24, 2.45) is 11.7 Å². The van der Waals surface area contributed by atoms with Gasteiger partial charge in [-0.1, -0.05) is 6.07 Å². The Morgan fingerprint density at radius 3 is 2.93 bits per heavy atom. The van der Waals surface area contributed by atoms with Crippen molar-refractivity contribution in [2.75, 3.05) is 13.1 Å². The molecule has 1 aromatic heterocycles. The van der Waals surface area contributed by atoms with E-state index in [1.807, 2.05) is 11.3 Å². The second-order valence-electron chi connectivity index (χ2n) is 4.58. The van der Waals surface area contributed by atoms with E-state index in [-0.39, 0.29) is 0 Å². The molecule has 1 aliphatic rings. The molecule has 2 N–H and O–H groups in total. The Hall–Kier alpha value is -0.380. The Morgan fingerprint density at radius 2 is 2.40 bits per heavy atom. The van der Waals surface area contributed by atoms with Gasteiger partial charge in [-0.25, -0.2) is 0 Å². The molecule has 2 atom stereocenters. The number of hydrogen-bond acceptors (Lipinski definition) is 3. The van der Waals surface area contributed by atoms with Crippen LogP contribution < -0.4 is 5.73 Å². The summed E-state index contributed by atoms with van der Waals surface area (Å²) in [6, 6.07) is 5.58. The lowest BCUT2D eigenvalue weighted by Gasteiger charge is -2.30. The molecule has 1 aromatic rings. The molecule has 2 unspecified atom stereocenters. The first-order valence-electron chi connectivity index (χ1n) is 5.73. The van der Waals surface area contributed by atoms with Crippen LogP contribution in [0.25, 0.3) is 0 Å². The fourth-order valence-electron chi connectivity index (χ4n) is 2.56. The Labute approximate surface area is 96.1 Å². The van der Waals surface area contributed by atoms with Gasteiger partial charge in [-0.15, -0.1) is 11.3 Å². The monoisotopic (exact) mass is 224 g/mol. The number of nitrogens with zero attached hydrogens (tertiary/aromatic N) is 1. The van der Waals surface area contributed by atoms with E-state index in [1.54, 1.807) is 0 Å². The average molecular weight is 224 g/mol. The molecular formula is C12H20N2S. The molecule has 3 heteroatoms. The predicted octanol–water partition coefficient (Wildman–Crippen LogP) is 2.48. The summed E-state index contributed by atoms with van der Waals surface area (Å²) in [7, 11) is 0. The number of nitrogens with two attached hydrogens (primary N) is 1. The van der Waals surface area contributed by atoms with Gasteiger partial charge < -0.3 is 5.73 Å². The van der Waals surface area contributed by atoms with Crippen molar-refractivity contribution in [3.8, 4) is 0 Å². The van der Waals surface area contributed by atoms with Crippen LogP contribution in [0, 0.1) is 5.92 Å². The molecule has 1 saturated heterocycles. The van der Waals surface area contributed by atoms with Crippen molar-refractivity contribution in [1.29, 1.82) is 0 Å². The summed E-state index contributed by atoms with van der Waals surface area (Å²) in [5.41, 5.74) is 5.87. The van der Waals surface area contributed by atoms with Crippen molar-refractivity contribution >= 4 is 11.3 Å². The van der Waals surface area contributed by atoms with Gasteiger partial charge in [0.1, 0.15) is 0 Å². The van der Waals surface area contributed by atoms with Crippen LogP contribution in [0.2, 0.25) is 0 Å². The maximum Gasteiger partial charge on any atom is 0.0484 e. The van der Waals surface area contributed by atoms with Gasteiger partial charge >= 0.3 is 0 Å². The summed E-state index contributed by atoms with van der Waals surface area (Å²) >= 11 is 1.86. The zero-order valence-corrected chi connectivity index (χ0v) is 10.3. The SMILES string of the molecule is CC(C)N1CCC(CN)C1c1cccs1. The first-order valence-corrected chi connectivity index (χ1v) is 6.61. The van der Waals surface area contributed by atoms with Gasteiger partial charge in [-0.3, -0.25) is 4.90 Å². The van der Waals surface area contributed by atoms with Crippen LogP contribution in [0.15, 0.2) is 17.5 Å². The van der Waals surface area contributed by atoms with Crippen LogP contribution in [0.5, 0.6) is 0 Å². The zero-order chi connectivity index (χ0) is 10.8. The lowest BCUT2D eigenvalue weighted by Crippen LogP contribution is -2.32. The molecule has 2 rings (SSSR count). The number of rotatable bonds is 3. The third-order valence-electron chi connectivity index (χ3n) is 3.36. The third-order valence-corrected chi connectivity index (χ3v) is 4.31. The highest BCUT2D eigenvalue weighted by atomic mass is 32.1. The minimum atomic E-state index is 0.565. The molecular weight excluding hydrogens is 204 g/mol. The van der Waals surface area contributed by atoms with Crippen molar-refractivity contribution in [1.82, 2.24) is 4.90 Å². The number of thiophene rings is 1. The topological polar surface area (TPSA) is 29.3 Å². The van der Waals surface area contributed by atoms with Gasteiger partial charge in [-0.05, 0) is 50.7 Å². The van der Waals surface area contributed by atoms with Crippen molar-refractivity contribution in [2.45, 2.75) is 32.4 Å². The smallest absolute Gasteiger partial charge is 0.0484 e. The molecule has 2 heterocycles. The first kappa shape index (κ1) is 11.1. The van der Waals surface area contributed by atoms with Gasteiger partial charge in [0.2, 0.25) is 0 Å². The summed E-state index contributed by atoms with van der Waals surface area (Å²) in [5.74, 6) is 0.644. The summed E-state index contributed by atoms with van der Waals surface area (Å²) in [6.07, 6.45) is 1.25. The Bertz CT molecular complexity index is 295. The van der Waals surface area contributed by atoms with E-state index in [2.05, 4.69) is 36.3 Å². The Balaban J connectivity index is 2.22. The van der Waals surface area contributed by atoms with Crippen LogP contribution in [0.4, 0.5) is 0 Å². The molecule has 0 amide bonds. The second kappa shape index (κ2) is 4.64. The predicted molar refractivity (Wildman–Crippen MR) is 66.1 cm³/mol. The minimum absolute atomic E-state index is 0.565. The van der Waals surface area contributed by atoms with Crippen molar-refractivity contribution in [3.05, 3.63) is 22.4 Å². The summed E-state index contributed by atoms with van der Waals surface area (Å²) in [5, 5.41) is 2.17. The highest BCUT2D eigenvalue weighted by molar-refractivity contribution is 7.10. The Morgan fingerprint density at radius 1 is 1.60 bits per heavy atom. The lowest BCUT2D eigenvalue weighted by molar-refractivity contribution is 0.187. The van der Waals surface area contributed by atoms with Crippen LogP contribution >= 0.6 is 11.3 Å². The molecule has 0 aromatic carbocycles. The van der Waals surface area contributed by atoms with Gasteiger partial charge in [0.25, 0.3) is 0 Å². The van der Waals surface area contributed by atoms with E-state index < -0.39 is 0 Å². The molecule has 0 aliphatic carbocycles. The van der Waals surface area contributed by atoms with Crippen molar-refractivity contribution in [3.63, 3.8) is 0 Å². The molecule has 0 saturated carbocycles. The maximum absolute atomic E-state index is 5.87. The highest BCUT2D eigenvalue weighted by Crippen LogP contribution is 2.39. The van der Waals surface area contributed by atoms with Crippen LogP contribution in [-0.2, 0) is 0 Å². The second-order valence-corrected chi connectivity index (χ2v) is 5.56. The molecule has 2 nitrogen and oxygen atoms in total. The molecule has 84 valence electrons. The number of hydrogen-bond donors (Lipinski definition) is 1. The van der Waals surface area contributed by atoms with Gasteiger partial charge in [-0.2, -0.15) is 0 Å². The van der Waals surface area contributed by atoms with Crippen LogP contribution in [-0.4, -0.2) is 24.0 Å². The zero-order valence-electron chi connectivity index (χ0n) is 9.52. The van der Waals surface area contributed by atoms with E-state index in [0.29, 0.717) is 18.0 Å². The normalized spacial score (nSPS) is 27.7. The van der Waals surface area contributed by atoms with E-state index in [4.69, 9.17) is 5.73 Å². The largest absolute Gasteiger partial charge is 0.330 e. The number of likely N-dealkylation sites (tertiary alicyclic amines) is 1. The fraction of sp³-hybridized carbons (Fsp3) is 0.667. The maximum atomic E-state index is 5.87. The lowest BCUT2D eigenvalue weighted by atomic mass is 9.99. The first-order chi connectivity index (χ1) is 7.24.